The topological polar surface area (TPSA) is 73.6 Å². The van der Waals surface area contributed by atoms with Gasteiger partial charge >= 0.3 is 0 Å². The molecule has 0 fully saturated rings. The minimum atomic E-state index is -0.464. The van der Waals surface area contributed by atoms with E-state index in [1.165, 1.54) is 0 Å². The third-order valence-electron chi connectivity index (χ3n) is 2.99. The van der Waals surface area contributed by atoms with Crippen molar-refractivity contribution in [3.8, 4) is 11.5 Å². The van der Waals surface area contributed by atoms with Crippen LogP contribution in [-0.2, 0) is 11.3 Å². The Labute approximate surface area is 113 Å². The van der Waals surface area contributed by atoms with E-state index in [1.807, 2.05) is 32.0 Å². The minimum Gasteiger partial charge on any atom is -0.454 e. The van der Waals surface area contributed by atoms with Crippen molar-refractivity contribution >= 4 is 5.91 Å². The quantitative estimate of drug-likeness (QED) is 0.843. The molecular formula is C14H20N2O3. The fraction of sp³-hybridized carbons (Fsp3) is 0.500. The zero-order chi connectivity index (χ0) is 13.8. The highest BCUT2D eigenvalue weighted by Crippen LogP contribution is 2.35. The van der Waals surface area contributed by atoms with E-state index in [4.69, 9.17) is 15.2 Å². The molecule has 0 aliphatic carbocycles. The summed E-state index contributed by atoms with van der Waals surface area (Å²) in [5.41, 5.74) is 6.73. The molecule has 5 heteroatoms. The summed E-state index contributed by atoms with van der Waals surface area (Å²) >= 11 is 0. The molecule has 0 aromatic heterocycles. The Morgan fingerprint density at radius 1 is 1.42 bits per heavy atom. The van der Waals surface area contributed by atoms with Crippen LogP contribution in [0.1, 0.15) is 25.8 Å². The van der Waals surface area contributed by atoms with Crippen LogP contribution >= 0.6 is 0 Å². The highest BCUT2D eigenvalue weighted by molar-refractivity contribution is 5.81. The molecule has 1 amide bonds. The summed E-state index contributed by atoms with van der Waals surface area (Å²) in [6.45, 7) is 4.72. The molecule has 2 rings (SSSR count). The Morgan fingerprint density at radius 3 is 2.95 bits per heavy atom. The van der Waals surface area contributed by atoms with E-state index in [1.54, 1.807) is 0 Å². The molecule has 1 aromatic carbocycles. The number of ether oxygens (including phenoxy) is 2. The lowest BCUT2D eigenvalue weighted by Gasteiger charge is -2.14. The second kappa shape index (κ2) is 5.93. The number of benzene rings is 1. The molecule has 0 saturated carbocycles. The minimum absolute atomic E-state index is 0.134. The van der Waals surface area contributed by atoms with Crippen LogP contribution in [0.15, 0.2) is 18.2 Å². The van der Waals surface area contributed by atoms with E-state index >= 15 is 0 Å². The van der Waals surface area contributed by atoms with Crippen LogP contribution in [0, 0.1) is 5.92 Å². The largest absolute Gasteiger partial charge is 0.454 e. The molecule has 1 aliphatic rings. The lowest BCUT2D eigenvalue weighted by molar-refractivity contribution is -0.122. The maximum absolute atomic E-state index is 11.8. The van der Waals surface area contributed by atoms with Gasteiger partial charge in [0.1, 0.15) is 0 Å². The summed E-state index contributed by atoms with van der Waals surface area (Å²) < 4.78 is 10.7. The SMILES string of the molecule is CC(C)CC(N)C(=O)NCc1cccc2c1OCO2. The predicted molar refractivity (Wildman–Crippen MR) is 71.8 cm³/mol. The number of carbonyl (C=O) groups is 1. The first-order valence-corrected chi connectivity index (χ1v) is 6.48. The number of hydrogen-bond donors (Lipinski definition) is 2. The fourth-order valence-electron chi connectivity index (χ4n) is 2.06. The zero-order valence-electron chi connectivity index (χ0n) is 11.3. The number of nitrogens with two attached hydrogens (primary N) is 1. The van der Waals surface area contributed by atoms with Gasteiger partial charge in [-0.3, -0.25) is 4.79 Å². The van der Waals surface area contributed by atoms with Crippen molar-refractivity contribution in [3.63, 3.8) is 0 Å². The molecule has 19 heavy (non-hydrogen) atoms. The first kappa shape index (κ1) is 13.7. The lowest BCUT2D eigenvalue weighted by atomic mass is 10.0. The first-order chi connectivity index (χ1) is 9.08. The van der Waals surface area contributed by atoms with E-state index in [-0.39, 0.29) is 12.7 Å². The normalized spacial score (nSPS) is 14.5. The average Bonchev–Trinajstić information content (AvgIpc) is 2.83. The van der Waals surface area contributed by atoms with E-state index < -0.39 is 6.04 Å². The molecule has 1 unspecified atom stereocenters. The van der Waals surface area contributed by atoms with E-state index in [0.717, 1.165) is 11.3 Å². The summed E-state index contributed by atoms with van der Waals surface area (Å²) in [4.78, 5) is 11.8. The van der Waals surface area contributed by atoms with E-state index in [9.17, 15) is 4.79 Å². The van der Waals surface area contributed by atoms with Crippen LogP contribution in [0.4, 0.5) is 0 Å². The van der Waals surface area contributed by atoms with Crippen LogP contribution in [0.5, 0.6) is 11.5 Å². The highest BCUT2D eigenvalue weighted by atomic mass is 16.7. The van der Waals surface area contributed by atoms with Gasteiger partial charge in [0, 0.05) is 12.1 Å². The van der Waals surface area contributed by atoms with Crippen molar-refractivity contribution in [2.24, 2.45) is 11.7 Å². The summed E-state index contributed by atoms with van der Waals surface area (Å²) in [6, 6.07) is 5.16. The van der Waals surface area contributed by atoms with Gasteiger partial charge in [-0.05, 0) is 18.4 Å². The zero-order valence-corrected chi connectivity index (χ0v) is 11.3. The van der Waals surface area contributed by atoms with Crippen LogP contribution in [-0.4, -0.2) is 18.7 Å². The van der Waals surface area contributed by atoms with Crippen molar-refractivity contribution in [1.82, 2.24) is 5.32 Å². The molecule has 1 heterocycles. The molecule has 0 spiro atoms. The lowest BCUT2D eigenvalue weighted by Crippen LogP contribution is -2.41. The van der Waals surface area contributed by atoms with Crippen LogP contribution in [0.25, 0.3) is 0 Å². The second-order valence-electron chi connectivity index (χ2n) is 5.10. The van der Waals surface area contributed by atoms with Crippen LogP contribution in [0.2, 0.25) is 0 Å². The third-order valence-corrected chi connectivity index (χ3v) is 2.99. The summed E-state index contributed by atoms with van der Waals surface area (Å²) in [6.07, 6.45) is 0.679. The Morgan fingerprint density at radius 2 is 2.21 bits per heavy atom. The molecular weight excluding hydrogens is 244 g/mol. The molecule has 104 valence electrons. The monoisotopic (exact) mass is 264 g/mol. The van der Waals surface area contributed by atoms with Crippen molar-refractivity contribution in [3.05, 3.63) is 23.8 Å². The van der Waals surface area contributed by atoms with Gasteiger partial charge in [0.15, 0.2) is 11.5 Å². The number of hydrogen-bond acceptors (Lipinski definition) is 4. The molecule has 0 saturated heterocycles. The maximum Gasteiger partial charge on any atom is 0.237 e. The number of carbonyl (C=O) groups excluding carboxylic acids is 1. The van der Waals surface area contributed by atoms with Gasteiger partial charge in [0.2, 0.25) is 12.7 Å². The predicted octanol–water partition coefficient (Wildman–Crippen LogP) is 1.40. The van der Waals surface area contributed by atoms with Gasteiger partial charge in [-0.25, -0.2) is 0 Å². The Hall–Kier alpha value is -1.75. The second-order valence-corrected chi connectivity index (χ2v) is 5.10. The van der Waals surface area contributed by atoms with Crippen LogP contribution < -0.4 is 20.5 Å². The van der Waals surface area contributed by atoms with E-state index in [0.29, 0.717) is 24.6 Å². The summed E-state index contributed by atoms with van der Waals surface area (Å²) in [7, 11) is 0. The van der Waals surface area contributed by atoms with Gasteiger partial charge in [-0.15, -0.1) is 0 Å². The Balaban J connectivity index is 1.92. The smallest absolute Gasteiger partial charge is 0.237 e. The number of para-hydroxylation sites is 1. The number of rotatable bonds is 5. The third kappa shape index (κ3) is 3.38. The summed E-state index contributed by atoms with van der Waals surface area (Å²) in [5.74, 6) is 1.70. The number of fused-ring (bicyclic) bond motifs is 1. The van der Waals surface area contributed by atoms with E-state index in [2.05, 4.69) is 5.32 Å². The van der Waals surface area contributed by atoms with Crippen molar-refractivity contribution < 1.29 is 14.3 Å². The summed E-state index contributed by atoms with van der Waals surface area (Å²) in [5, 5.41) is 2.83. The van der Waals surface area contributed by atoms with Gasteiger partial charge in [0.25, 0.3) is 0 Å². The molecule has 1 aromatic rings. The Kier molecular flexibility index (Phi) is 4.27. The molecule has 3 N–H and O–H groups in total. The average molecular weight is 264 g/mol. The molecule has 1 aliphatic heterocycles. The Bertz CT molecular complexity index is 460. The number of amides is 1. The molecule has 0 radical (unpaired) electrons. The van der Waals surface area contributed by atoms with Gasteiger partial charge in [-0.1, -0.05) is 26.0 Å². The van der Waals surface area contributed by atoms with Crippen molar-refractivity contribution in [2.45, 2.75) is 32.9 Å². The molecule has 0 bridgehead atoms. The maximum atomic E-state index is 11.8. The molecule has 5 nitrogen and oxygen atoms in total. The fourth-order valence-corrected chi connectivity index (χ4v) is 2.06. The standard InChI is InChI=1S/C14H20N2O3/c1-9(2)6-11(15)14(17)16-7-10-4-3-5-12-13(10)19-8-18-12/h3-5,9,11H,6-8,15H2,1-2H3,(H,16,17). The van der Waals surface area contributed by atoms with Gasteiger partial charge in [0.05, 0.1) is 6.04 Å². The van der Waals surface area contributed by atoms with Gasteiger partial charge < -0.3 is 20.5 Å². The first-order valence-electron chi connectivity index (χ1n) is 6.48. The number of nitrogens with one attached hydrogen (secondary N) is 1. The van der Waals surface area contributed by atoms with Crippen molar-refractivity contribution in [1.29, 1.82) is 0 Å². The highest BCUT2D eigenvalue weighted by Gasteiger charge is 2.19. The van der Waals surface area contributed by atoms with Gasteiger partial charge in [-0.2, -0.15) is 0 Å². The van der Waals surface area contributed by atoms with Crippen molar-refractivity contribution in [2.75, 3.05) is 6.79 Å². The molecule has 1 atom stereocenters. The van der Waals surface area contributed by atoms with Crippen LogP contribution in [0.3, 0.4) is 0 Å².